The standard InChI is InChI=1S/C32H43N3O5S/c1-20(2)16-23-18-24(21(3)39-7)26(35-14-9-12-32(35,30(37)38)29-33-13-15-41-29)19-34(23)28(36)22-10-11-25(31(4,5)6)27(17-22)40-8/h10-11,13,15,17-18,20-21H,9,12,14,16,19H2,1-8H3,(H,37,38)/t21?,32-/m1/s1. The summed E-state index contributed by atoms with van der Waals surface area (Å²) in [5.41, 5.74) is 2.69. The number of likely N-dealkylation sites (tertiary alicyclic amines) is 1. The molecule has 0 bridgehead atoms. The molecule has 3 heterocycles. The highest BCUT2D eigenvalue weighted by molar-refractivity contribution is 7.09. The molecule has 8 nitrogen and oxygen atoms in total. The number of carboxylic acids is 1. The van der Waals surface area contributed by atoms with E-state index in [0.717, 1.165) is 22.5 Å². The number of allylic oxidation sites excluding steroid dienone is 1. The second-order valence-corrected chi connectivity index (χ2v) is 13.2. The highest BCUT2D eigenvalue weighted by Crippen LogP contribution is 2.45. The van der Waals surface area contributed by atoms with Crippen LogP contribution in [-0.2, 0) is 20.5 Å². The van der Waals surface area contributed by atoms with Gasteiger partial charge in [0.15, 0.2) is 5.54 Å². The van der Waals surface area contributed by atoms with Gasteiger partial charge in [-0.25, -0.2) is 9.78 Å². The van der Waals surface area contributed by atoms with E-state index < -0.39 is 11.5 Å². The summed E-state index contributed by atoms with van der Waals surface area (Å²) in [5.74, 6) is -0.103. The molecule has 0 radical (unpaired) electrons. The number of aromatic nitrogens is 1. The largest absolute Gasteiger partial charge is 0.496 e. The number of benzene rings is 1. The van der Waals surface area contributed by atoms with Crippen LogP contribution in [0.5, 0.6) is 5.75 Å². The summed E-state index contributed by atoms with van der Waals surface area (Å²) >= 11 is 1.35. The molecule has 0 aliphatic carbocycles. The molecule has 2 atom stereocenters. The van der Waals surface area contributed by atoms with Crippen LogP contribution in [0.2, 0.25) is 0 Å². The maximum atomic E-state index is 14.3. The van der Waals surface area contributed by atoms with Crippen LogP contribution in [0.4, 0.5) is 0 Å². The summed E-state index contributed by atoms with van der Waals surface area (Å²) in [4.78, 5) is 35.5. The molecule has 1 unspecified atom stereocenters. The van der Waals surface area contributed by atoms with Crippen LogP contribution >= 0.6 is 11.3 Å². The third-order valence-corrected chi connectivity index (χ3v) is 8.99. The Kier molecular flexibility index (Phi) is 8.99. The lowest BCUT2D eigenvalue weighted by molar-refractivity contribution is -0.149. The summed E-state index contributed by atoms with van der Waals surface area (Å²) in [6.45, 7) is 13.3. The molecule has 1 saturated heterocycles. The zero-order valence-corrected chi connectivity index (χ0v) is 26.3. The van der Waals surface area contributed by atoms with Crippen molar-refractivity contribution in [1.82, 2.24) is 14.8 Å². The number of methoxy groups -OCH3 is 2. The lowest BCUT2D eigenvalue weighted by Crippen LogP contribution is -2.51. The maximum absolute atomic E-state index is 14.3. The van der Waals surface area contributed by atoms with Gasteiger partial charge in [-0.15, -0.1) is 11.3 Å². The van der Waals surface area contributed by atoms with E-state index in [0.29, 0.717) is 48.0 Å². The normalized spacial score (nSPS) is 20.5. The Bertz CT molecular complexity index is 1340. The smallest absolute Gasteiger partial charge is 0.336 e. The highest BCUT2D eigenvalue weighted by atomic mass is 32.1. The number of carboxylic acid groups (broad SMARTS) is 1. The molecule has 0 saturated carbocycles. The Balaban J connectivity index is 1.85. The van der Waals surface area contributed by atoms with E-state index in [-0.39, 0.29) is 24.0 Å². The predicted molar refractivity (Wildman–Crippen MR) is 161 cm³/mol. The Hall–Kier alpha value is -3.17. The van der Waals surface area contributed by atoms with Gasteiger partial charge in [0, 0.05) is 47.8 Å². The monoisotopic (exact) mass is 581 g/mol. The topological polar surface area (TPSA) is 92.2 Å². The molecular formula is C32H43N3O5S. The van der Waals surface area contributed by atoms with Crippen molar-refractivity contribution in [1.29, 1.82) is 0 Å². The molecule has 1 aromatic carbocycles. The fourth-order valence-corrected chi connectivity index (χ4v) is 6.81. The Labute approximate surface area is 247 Å². The van der Waals surface area contributed by atoms with Crippen LogP contribution in [0, 0.1) is 5.92 Å². The molecule has 2 aromatic rings. The van der Waals surface area contributed by atoms with Crippen molar-refractivity contribution in [2.45, 2.75) is 77.9 Å². The number of hydrogen-bond acceptors (Lipinski definition) is 7. The van der Waals surface area contributed by atoms with Gasteiger partial charge < -0.3 is 24.4 Å². The van der Waals surface area contributed by atoms with Crippen LogP contribution in [0.25, 0.3) is 0 Å². The zero-order valence-electron chi connectivity index (χ0n) is 25.5. The van der Waals surface area contributed by atoms with Gasteiger partial charge in [-0.2, -0.15) is 0 Å². The van der Waals surface area contributed by atoms with E-state index in [2.05, 4.69) is 39.6 Å². The number of rotatable bonds is 9. The van der Waals surface area contributed by atoms with Crippen molar-refractivity contribution >= 4 is 23.2 Å². The van der Waals surface area contributed by atoms with Crippen LogP contribution in [-0.4, -0.2) is 65.2 Å². The van der Waals surface area contributed by atoms with E-state index >= 15 is 0 Å². The molecule has 0 spiro atoms. The third kappa shape index (κ3) is 5.79. The SMILES string of the molecule is COc1cc(C(=O)N2CC(N3CCC[C@]3(C(=O)O)c3nccs3)=C(C(C)OC)C=C2CC(C)C)ccc1C(C)(C)C. The average molecular weight is 582 g/mol. The number of thiazole rings is 1. The van der Waals surface area contributed by atoms with E-state index in [1.807, 2.05) is 41.5 Å². The van der Waals surface area contributed by atoms with Crippen LogP contribution in [0.15, 0.2) is 52.8 Å². The van der Waals surface area contributed by atoms with E-state index in [4.69, 9.17) is 9.47 Å². The van der Waals surface area contributed by atoms with Gasteiger partial charge in [0.05, 0.1) is 19.8 Å². The van der Waals surface area contributed by atoms with Gasteiger partial charge in [0.2, 0.25) is 0 Å². The van der Waals surface area contributed by atoms with E-state index in [9.17, 15) is 14.7 Å². The molecule has 1 amide bonds. The Morgan fingerprint density at radius 3 is 2.49 bits per heavy atom. The van der Waals surface area contributed by atoms with Crippen molar-refractivity contribution < 1.29 is 24.2 Å². The van der Waals surface area contributed by atoms with Gasteiger partial charge in [0.25, 0.3) is 5.91 Å². The van der Waals surface area contributed by atoms with Crippen LogP contribution < -0.4 is 4.74 Å². The summed E-state index contributed by atoms with van der Waals surface area (Å²) in [5, 5.41) is 13.0. The van der Waals surface area contributed by atoms with Crippen molar-refractivity contribution in [3.63, 3.8) is 0 Å². The van der Waals surface area contributed by atoms with Gasteiger partial charge in [0.1, 0.15) is 10.8 Å². The first-order valence-corrected chi connectivity index (χ1v) is 15.1. The minimum absolute atomic E-state index is 0.145. The first kappa shape index (κ1) is 30.8. The van der Waals surface area contributed by atoms with Gasteiger partial charge in [-0.1, -0.05) is 40.7 Å². The minimum atomic E-state index is -1.29. The molecule has 1 fully saturated rings. The lowest BCUT2D eigenvalue weighted by Gasteiger charge is -2.42. The van der Waals surface area contributed by atoms with Crippen LogP contribution in [0.1, 0.15) is 81.7 Å². The van der Waals surface area contributed by atoms with E-state index in [1.54, 1.807) is 25.3 Å². The molecule has 2 aliphatic heterocycles. The minimum Gasteiger partial charge on any atom is -0.496 e. The molecule has 41 heavy (non-hydrogen) atoms. The Morgan fingerprint density at radius 1 is 1.20 bits per heavy atom. The predicted octanol–water partition coefficient (Wildman–Crippen LogP) is 6.20. The number of aliphatic carboxylic acids is 1. The quantitative estimate of drug-likeness (QED) is 0.377. The number of carbonyl (C=O) groups excluding carboxylic acids is 1. The fraction of sp³-hybridized carbons (Fsp3) is 0.531. The first-order chi connectivity index (χ1) is 19.3. The second-order valence-electron chi connectivity index (χ2n) is 12.3. The molecule has 9 heteroatoms. The van der Waals surface area contributed by atoms with Crippen molar-refractivity contribution in [3.8, 4) is 5.75 Å². The molecular weight excluding hydrogens is 538 g/mol. The first-order valence-electron chi connectivity index (χ1n) is 14.2. The molecule has 1 N–H and O–H groups in total. The van der Waals surface area contributed by atoms with E-state index in [1.165, 1.54) is 11.3 Å². The second kappa shape index (κ2) is 12.0. The van der Waals surface area contributed by atoms with Gasteiger partial charge >= 0.3 is 5.97 Å². The van der Waals surface area contributed by atoms with Gasteiger partial charge in [-0.05, 0) is 61.3 Å². The number of hydrogen-bond donors (Lipinski definition) is 1. The fourth-order valence-electron chi connectivity index (χ4n) is 5.94. The van der Waals surface area contributed by atoms with Crippen molar-refractivity contribution in [3.05, 3.63) is 69.0 Å². The zero-order chi connectivity index (χ0) is 30.1. The maximum Gasteiger partial charge on any atom is 0.336 e. The summed E-state index contributed by atoms with van der Waals surface area (Å²) in [7, 11) is 3.28. The van der Waals surface area contributed by atoms with Crippen LogP contribution in [0.3, 0.4) is 0 Å². The van der Waals surface area contributed by atoms with Crippen molar-refractivity contribution in [2.24, 2.45) is 5.92 Å². The number of nitrogens with zero attached hydrogens (tertiary/aromatic N) is 3. The average Bonchev–Trinajstić information content (AvgIpc) is 3.62. The number of carbonyl (C=O) groups is 2. The van der Waals surface area contributed by atoms with Gasteiger partial charge in [-0.3, -0.25) is 4.79 Å². The third-order valence-electron chi connectivity index (χ3n) is 8.07. The number of ether oxygens (including phenoxy) is 2. The lowest BCUT2D eigenvalue weighted by atomic mass is 9.85. The molecule has 2 aliphatic rings. The summed E-state index contributed by atoms with van der Waals surface area (Å²) in [6.07, 6.45) is 5.23. The molecule has 1 aromatic heterocycles. The highest BCUT2D eigenvalue weighted by Gasteiger charge is 2.53. The van der Waals surface area contributed by atoms with Crippen molar-refractivity contribution in [2.75, 3.05) is 27.3 Å². The molecule has 222 valence electrons. The Morgan fingerprint density at radius 2 is 1.93 bits per heavy atom. The number of amides is 1. The summed E-state index contributed by atoms with van der Waals surface area (Å²) in [6, 6.07) is 5.65. The summed E-state index contributed by atoms with van der Waals surface area (Å²) < 4.78 is 11.5. The molecule has 4 rings (SSSR count).